The Hall–Kier alpha value is -1.10. The maximum absolute atomic E-state index is 13.1. The van der Waals surface area contributed by atoms with Crippen molar-refractivity contribution in [2.75, 3.05) is 6.54 Å². The van der Waals surface area contributed by atoms with Crippen LogP contribution in [-0.4, -0.2) is 12.7 Å². The topological polar surface area (TPSA) is 12.0 Å². The first-order valence-corrected chi connectivity index (χ1v) is 5.50. The minimum absolute atomic E-state index is 0.105. The Bertz CT molecular complexity index is 336. The molecule has 1 rings (SSSR count). The first-order valence-electron chi connectivity index (χ1n) is 5.50. The fourth-order valence-corrected chi connectivity index (χ4v) is 1.44. The summed E-state index contributed by atoms with van der Waals surface area (Å²) in [5, 5.41) is 2.92. The van der Waals surface area contributed by atoms with E-state index in [1.165, 1.54) is 6.07 Å². The van der Waals surface area contributed by atoms with Crippen molar-refractivity contribution in [2.24, 2.45) is 0 Å². The van der Waals surface area contributed by atoms with Crippen molar-refractivity contribution in [2.45, 2.75) is 32.0 Å². The maximum atomic E-state index is 13.1. The molecule has 0 atom stereocenters. The molecule has 0 amide bonds. The van der Waals surface area contributed by atoms with Crippen LogP contribution in [0.15, 0.2) is 24.3 Å². The van der Waals surface area contributed by atoms with Crippen LogP contribution in [0, 0.1) is 5.82 Å². The van der Waals surface area contributed by atoms with Gasteiger partial charge in [0.1, 0.15) is 5.82 Å². The van der Waals surface area contributed by atoms with Gasteiger partial charge in [-0.15, -0.1) is 0 Å². The number of hydrogen-bond donors (Lipinski definition) is 1. The van der Waals surface area contributed by atoms with E-state index in [1.807, 2.05) is 0 Å². The van der Waals surface area contributed by atoms with Crippen LogP contribution >= 0.6 is 0 Å². The smallest absolute Gasteiger partial charge is 0.313 e. The molecule has 17 heavy (non-hydrogen) atoms. The van der Waals surface area contributed by atoms with Crippen molar-refractivity contribution in [1.82, 2.24) is 5.32 Å². The minimum Gasteiger partial charge on any atom is -0.313 e. The lowest BCUT2D eigenvalue weighted by Crippen LogP contribution is -2.16. The molecule has 0 bridgehead atoms. The van der Waals surface area contributed by atoms with Crippen LogP contribution < -0.4 is 5.32 Å². The van der Waals surface area contributed by atoms with Crippen LogP contribution in [-0.2, 0) is 6.54 Å². The van der Waals surface area contributed by atoms with Gasteiger partial charge in [0.15, 0.2) is 0 Å². The van der Waals surface area contributed by atoms with Crippen LogP contribution in [0.4, 0.5) is 17.6 Å². The normalized spacial score (nSPS) is 11.8. The molecule has 0 saturated carbocycles. The van der Waals surface area contributed by atoms with Gasteiger partial charge in [-0.3, -0.25) is 0 Å². The SMILES string of the molecule is Fc1ccccc1CNCCCCC(F)(F)F. The maximum Gasteiger partial charge on any atom is 0.389 e. The van der Waals surface area contributed by atoms with Gasteiger partial charge in [0, 0.05) is 18.5 Å². The van der Waals surface area contributed by atoms with Crippen LogP contribution in [0.1, 0.15) is 24.8 Å². The van der Waals surface area contributed by atoms with Crippen molar-refractivity contribution < 1.29 is 17.6 Å². The molecular weight excluding hydrogens is 234 g/mol. The molecule has 0 fully saturated rings. The molecule has 0 radical (unpaired) electrons. The lowest BCUT2D eigenvalue weighted by molar-refractivity contribution is -0.135. The summed E-state index contributed by atoms with van der Waals surface area (Å²) in [4.78, 5) is 0. The summed E-state index contributed by atoms with van der Waals surface area (Å²) in [5.41, 5.74) is 0.531. The predicted molar refractivity (Wildman–Crippen MR) is 58.0 cm³/mol. The number of unbranched alkanes of at least 4 members (excludes halogenated alkanes) is 1. The third kappa shape index (κ3) is 6.26. The van der Waals surface area contributed by atoms with E-state index >= 15 is 0 Å². The summed E-state index contributed by atoms with van der Waals surface area (Å²) in [6.07, 6.45) is -4.29. The second-order valence-corrected chi connectivity index (χ2v) is 3.84. The molecule has 0 spiro atoms. The Labute approximate surface area is 97.8 Å². The Morgan fingerprint density at radius 2 is 1.76 bits per heavy atom. The quantitative estimate of drug-likeness (QED) is 0.599. The van der Waals surface area contributed by atoms with Crippen molar-refractivity contribution in [1.29, 1.82) is 0 Å². The zero-order valence-electron chi connectivity index (χ0n) is 9.36. The predicted octanol–water partition coefficient (Wildman–Crippen LogP) is 3.65. The molecule has 0 aliphatic carbocycles. The number of benzene rings is 1. The molecule has 1 aromatic carbocycles. The lowest BCUT2D eigenvalue weighted by Gasteiger charge is -2.07. The number of rotatable bonds is 6. The van der Waals surface area contributed by atoms with E-state index in [-0.39, 0.29) is 12.2 Å². The first-order chi connectivity index (χ1) is 7.99. The van der Waals surface area contributed by atoms with Gasteiger partial charge in [-0.05, 0) is 25.5 Å². The molecule has 0 heterocycles. The summed E-state index contributed by atoms with van der Waals surface area (Å²) in [6.45, 7) is 0.809. The van der Waals surface area contributed by atoms with Crippen molar-refractivity contribution >= 4 is 0 Å². The molecule has 0 aromatic heterocycles. The molecule has 0 aliphatic rings. The van der Waals surface area contributed by atoms with Crippen molar-refractivity contribution in [3.63, 3.8) is 0 Å². The van der Waals surface area contributed by atoms with Gasteiger partial charge >= 0.3 is 6.18 Å². The van der Waals surface area contributed by atoms with Gasteiger partial charge in [-0.2, -0.15) is 13.2 Å². The summed E-state index contributed by atoms with van der Waals surface area (Å²) in [5.74, 6) is -0.296. The molecule has 5 heteroatoms. The summed E-state index contributed by atoms with van der Waals surface area (Å²) >= 11 is 0. The highest BCUT2D eigenvalue weighted by Gasteiger charge is 2.25. The average molecular weight is 249 g/mol. The number of alkyl halides is 3. The van der Waals surface area contributed by atoms with E-state index < -0.39 is 12.6 Å². The Morgan fingerprint density at radius 3 is 2.41 bits per heavy atom. The van der Waals surface area contributed by atoms with Crippen LogP contribution in [0.3, 0.4) is 0 Å². The fraction of sp³-hybridized carbons (Fsp3) is 0.500. The molecule has 1 N–H and O–H groups in total. The van der Waals surface area contributed by atoms with Gasteiger partial charge < -0.3 is 5.32 Å². The van der Waals surface area contributed by atoms with Crippen molar-refractivity contribution in [3.05, 3.63) is 35.6 Å². The summed E-state index contributed by atoms with van der Waals surface area (Å²) < 4.78 is 48.6. The lowest BCUT2D eigenvalue weighted by atomic mass is 10.2. The van der Waals surface area contributed by atoms with Crippen LogP contribution in [0.2, 0.25) is 0 Å². The number of hydrogen-bond acceptors (Lipinski definition) is 1. The second kappa shape index (κ2) is 6.59. The molecule has 0 aliphatic heterocycles. The first kappa shape index (κ1) is 14.0. The van der Waals surface area contributed by atoms with E-state index in [0.717, 1.165) is 0 Å². The van der Waals surface area contributed by atoms with E-state index in [9.17, 15) is 17.6 Å². The number of halogens is 4. The molecule has 1 aromatic rings. The van der Waals surface area contributed by atoms with Crippen LogP contribution in [0.5, 0.6) is 0 Å². The van der Waals surface area contributed by atoms with Crippen molar-refractivity contribution in [3.8, 4) is 0 Å². The molecule has 0 saturated heterocycles. The van der Waals surface area contributed by atoms with E-state index in [4.69, 9.17) is 0 Å². The molecule has 1 nitrogen and oxygen atoms in total. The molecule has 0 unspecified atom stereocenters. The Kier molecular flexibility index (Phi) is 5.41. The zero-order chi connectivity index (χ0) is 12.7. The van der Waals surface area contributed by atoms with E-state index in [1.54, 1.807) is 18.2 Å². The van der Waals surface area contributed by atoms with Gasteiger partial charge in [-0.1, -0.05) is 18.2 Å². The highest BCUT2D eigenvalue weighted by molar-refractivity contribution is 5.16. The Balaban J connectivity index is 2.11. The summed E-state index contributed by atoms with van der Waals surface area (Å²) in [7, 11) is 0. The average Bonchev–Trinajstić information content (AvgIpc) is 2.24. The third-order valence-electron chi connectivity index (χ3n) is 2.34. The monoisotopic (exact) mass is 249 g/mol. The summed E-state index contributed by atoms with van der Waals surface area (Å²) in [6, 6.07) is 6.34. The molecule has 96 valence electrons. The largest absolute Gasteiger partial charge is 0.389 e. The van der Waals surface area contributed by atoms with E-state index in [0.29, 0.717) is 25.1 Å². The molecular formula is C12H15F4N. The second-order valence-electron chi connectivity index (χ2n) is 3.84. The van der Waals surface area contributed by atoms with Crippen LogP contribution in [0.25, 0.3) is 0 Å². The Morgan fingerprint density at radius 1 is 1.06 bits per heavy atom. The van der Waals surface area contributed by atoms with Gasteiger partial charge in [0.25, 0.3) is 0 Å². The zero-order valence-corrected chi connectivity index (χ0v) is 9.36. The minimum atomic E-state index is -4.08. The van der Waals surface area contributed by atoms with E-state index in [2.05, 4.69) is 5.32 Å². The standard InChI is InChI=1S/C12H15F4N/c13-11-6-2-1-5-10(11)9-17-8-4-3-7-12(14,15)16/h1-2,5-6,17H,3-4,7-9H2. The fourth-order valence-electron chi connectivity index (χ4n) is 1.44. The number of nitrogens with one attached hydrogen (secondary N) is 1. The van der Waals surface area contributed by atoms with Gasteiger partial charge in [0.2, 0.25) is 0 Å². The third-order valence-corrected chi connectivity index (χ3v) is 2.34. The highest BCUT2D eigenvalue weighted by Crippen LogP contribution is 2.21. The van der Waals surface area contributed by atoms with Gasteiger partial charge in [-0.25, -0.2) is 4.39 Å². The van der Waals surface area contributed by atoms with Gasteiger partial charge in [0.05, 0.1) is 0 Å². The highest BCUT2D eigenvalue weighted by atomic mass is 19.4.